The van der Waals surface area contributed by atoms with Gasteiger partial charge in [-0.3, -0.25) is 24.6 Å². The number of hydrogen-bond acceptors (Lipinski definition) is 5. The van der Waals surface area contributed by atoms with E-state index in [-0.39, 0.29) is 45.0 Å². The van der Waals surface area contributed by atoms with Crippen LogP contribution in [0.15, 0.2) is 36.4 Å². The Morgan fingerprint density at radius 1 is 1.10 bits per heavy atom. The minimum Gasteiger partial charge on any atom is -0.308 e. The molecule has 0 radical (unpaired) electrons. The molecule has 0 aromatic heterocycles. The van der Waals surface area contributed by atoms with Crippen molar-refractivity contribution in [3.05, 3.63) is 62.7 Å². The number of nitrogens with one attached hydrogen (secondary N) is 2. The summed E-state index contributed by atoms with van der Waals surface area (Å²) in [5.41, 5.74) is 0.617. The first kappa shape index (κ1) is 20.3. The van der Waals surface area contributed by atoms with Crippen LogP contribution in [-0.2, 0) is 0 Å². The largest absolute Gasteiger partial charge is 0.323 e. The average Bonchev–Trinajstić information content (AvgIpc) is 2.87. The highest BCUT2D eigenvalue weighted by Crippen LogP contribution is 2.28. The van der Waals surface area contributed by atoms with Gasteiger partial charge in [0.1, 0.15) is 0 Å². The second-order valence-electron chi connectivity index (χ2n) is 6.88. The number of anilines is 2. The van der Waals surface area contributed by atoms with Crippen LogP contribution in [0.5, 0.6) is 0 Å². The van der Waals surface area contributed by atoms with Crippen molar-refractivity contribution >= 4 is 46.5 Å². The van der Waals surface area contributed by atoms with Crippen LogP contribution in [0.25, 0.3) is 0 Å². The molecular formula is C19H17ClN4O5. The van der Waals surface area contributed by atoms with E-state index in [9.17, 15) is 24.5 Å². The number of urea groups is 1. The van der Waals surface area contributed by atoms with Crippen molar-refractivity contribution in [2.45, 2.75) is 13.8 Å². The molecular weight excluding hydrogens is 400 g/mol. The minimum absolute atomic E-state index is 0.0638. The number of halogens is 1. The van der Waals surface area contributed by atoms with Crippen molar-refractivity contribution in [1.82, 2.24) is 4.90 Å². The first-order chi connectivity index (χ1) is 13.7. The number of imide groups is 1. The number of amides is 4. The molecule has 0 saturated heterocycles. The van der Waals surface area contributed by atoms with Crippen molar-refractivity contribution in [2.75, 3.05) is 17.2 Å². The number of carbonyl (C=O) groups excluding carboxylic acids is 3. The van der Waals surface area contributed by atoms with E-state index in [1.807, 2.05) is 13.8 Å². The van der Waals surface area contributed by atoms with E-state index >= 15 is 0 Å². The van der Waals surface area contributed by atoms with E-state index in [4.69, 9.17) is 11.6 Å². The van der Waals surface area contributed by atoms with Crippen molar-refractivity contribution < 1.29 is 19.3 Å². The third-order valence-corrected chi connectivity index (χ3v) is 4.51. The zero-order valence-corrected chi connectivity index (χ0v) is 16.3. The fraction of sp³-hybridized carbons (Fsp3) is 0.211. The van der Waals surface area contributed by atoms with Gasteiger partial charge in [-0.2, -0.15) is 0 Å². The van der Waals surface area contributed by atoms with Gasteiger partial charge in [0.2, 0.25) is 0 Å². The lowest BCUT2D eigenvalue weighted by molar-refractivity contribution is -0.384. The van der Waals surface area contributed by atoms with Gasteiger partial charge in [-0.1, -0.05) is 25.4 Å². The lowest BCUT2D eigenvalue weighted by atomic mass is 10.1. The number of nitrogens with zero attached hydrogens (tertiary/aromatic N) is 2. The maximum atomic E-state index is 12.5. The number of hydrogen-bond donors (Lipinski definition) is 2. The van der Waals surface area contributed by atoms with E-state index < -0.39 is 16.9 Å². The molecule has 1 heterocycles. The number of fused-ring (bicyclic) bond motifs is 1. The molecule has 2 aromatic rings. The molecule has 150 valence electrons. The molecule has 0 saturated carbocycles. The smallest absolute Gasteiger partial charge is 0.308 e. The summed E-state index contributed by atoms with van der Waals surface area (Å²) in [6.45, 7) is 4.11. The van der Waals surface area contributed by atoms with Crippen LogP contribution >= 0.6 is 11.6 Å². The second kappa shape index (κ2) is 7.88. The van der Waals surface area contributed by atoms with Crippen LogP contribution in [-0.4, -0.2) is 34.2 Å². The summed E-state index contributed by atoms with van der Waals surface area (Å²) < 4.78 is 0. The number of non-ortho nitro benzene ring substituents is 1. The Bertz CT molecular complexity index is 1040. The highest BCUT2D eigenvalue weighted by molar-refractivity contribution is 6.34. The zero-order valence-electron chi connectivity index (χ0n) is 15.6. The van der Waals surface area contributed by atoms with Crippen molar-refractivity contribution in [3.63, 3.8) is 0 Å². The Hall–Kier alpha value is -3.46. The molecule has 0 unspecified atom stereocenters. The van der Waals surface area contributed by atoms with Gasteiger partial charge in [0.05, 0.1) is 26.8 Å². The number of nitro benzene ring substituents is 1. The predicted molar refractivity (Wildman–Crippen MR) is 107 cm³/mol. The minimum atomic E-state index is -0.705. The predicted octanol–water partition coefficient (Wildman–Crippen LogP) is 4.14. The van der Waals surface area contributed by atoms with Crippen LogP contribution in [0.4, 0.5) is 21.9 Å². The summed E-state index contributed by atoms with van der Waals surface area (Å²) >= 11 is 5.96. The summed E-state index contributed by atoms with van der Waals surface area (Å²) in [6, 6.07) is 7.35. The highest BCUT2D eigenvalue weighted by Gasteiger charge is 2.35. The number of benzene rings is 2. The third kappa shape index (κ3) is 4.19. The van der Waals surface area contributed by atoms with Gasteiger partial charge in [0.25, 0.3) is 17.5 Å². The summed E-state index contributed by atoms with van der Waals surface area (Å²) in [5, 5.41) is 16.0. The third-order valence-electron chi connectivity index (χ3n) is 4.19. The van der Waals surface area contributed by atoms with Gasteiger partial charge < -0.3 is 10.6 Å². The van der Waals surface area contributed by atoms with E-state index in [0.29, 0.717) is 6.54 Å². The van der Waals surface area contributed by atoms with E-state index in [1.165, 1.54) is 35.2 Å². The summed E-state index contributed by atoms with van der Waals surface area (Å²) in [4.78, 5) is 48.6. The molecule has 2 aromatic carbocycles. The van der Waals surface area contributed by atoms with Gasteiger partial charge in [0.15, 0.2) is 0 Å². The van der Waals surface area contributed by atoms with Crippen molar-refractivity contribution in [3.8, 4) is 0 Å². The van der Waals surface area contributed by atoms with E-state index in [2.05, 4.69) is 10.6 Å². The molecule has 0 spiro atoms. The van der Waals surface area contributed by atoms with Crippen LogP contribution in [0, 0.1) is 16.0 Å². The lowest BCUT2D eigenvalue weighted by Crippen LogP contribution is -2.33. The van der Waals surface area contributed by atoms with E-state index in [1.54, 1.807) is 0 Å². The van der Waals surface area contributed by atoms with Crippen LogP contribution < -0.4 is 10.6 Å². The molecule has 9 nitrogen and oxygen atoms in total. The fourth-order valence-corrected chi connectivity index (χ4v) is 3.07. The normalized spacial score (nSPS) is 12.9. The van der Waals surface area contributed by atoms with Gasteiger partial charge in [0, 0.05) is 24.4 Å². The van der Waals surface area contributed by atoms with Gasteiger partial charge in [-0.05, 0) is 30.2 Å². The standard InChI is InChI=1S/C19H17ClN4O5/c1-10(2)9-23-17(25)13-5-3-11(7-14(13)18(23)26)21-19(27)22-16-8-12(24(28)29)4-6-15(16)20/h3-8,10H,9H2,1-2H3,(H2,21,22,27). The number of carbonyl (C=O) groups is 3. The molecule has 10 heteroatoms. The Morgan fingerprint density at radius 2 is 1.79 bits per heavy atom. The molecule has 1 aliphatic heterocycles. The number of nitro groups is 1. The molecule has 29 heavy (non-hydrogen) atoms. The summed E-state index contributed by atoms with van der Waals surface area (Å²) in [5.74, 6) is -0.650. The first-order valence-corrected chi connectivity index (χ1v) is 9.07. The molecule has 0 fully saturated rings. The van der Waals surface area contributed by atoms with Gasteiger partial charge >= 0.3 is 6.03 Å². The Balaban J connectivity index is 1.76. The molecule has 3 rings (SSSR count). The van der Waals surface area contributed by atoms with Crippen LogP contribution in [0.1, 0.15) is 34.6 Å². The zero-order chi connectivity index (χ0) is 21.3. The topological polar surface area (TPSA) is 122 Å². The maximum Gasteiger partial charge on any atom is 0.323 e. The van der Waals surface area contributed by atoms with Gasteiger partial charge in [-0.15, -0.1) is 0 Å². The van der Waals surface area contributed by atoms with Crippen LogP contribution in [0.2, 0.25) is 5.02 Å². The monoisotopic (exact) mass is 416 g/mol. The quantitative estimate of drug-likeness (QED) is 0.431. The molecule has 0 aliphatic carbocycles. The Kier molecular flexibility index (Phi) is 5.51. The lowest BCUT2D eigenvalue weighted by Gasteiger charge is -2.15. The van der Waals surface area contributed by atoms with Gasteiger partial charge in [-0.25, -0.2) is 4.79 Å². The molecule has 2 N–H and O–H groups in total. The van der Waals surface area contributed by atoms with E-state index in [0.717, 1.165) is 6.07 Å². The molecule has 0 atom stereocenters. The fourth-order valence-electron chi connectivity index (χ4n) is 2.91. The van der Waals surface area contributed by atoms with Crippen molar-refractivity contribution in [1.29, 1.82) is 0 Å². The number of rotatable bonds is 5. The Labute approximate surface area is 170 Å². The highest BCUT2D eigenvalue weighted by atomic mass is 35.5. The second-order valence-corrected chi connectivity index (χ2v) is 7.28. The average molecular weight is 417 g/mol. The molecule has 1 aliphatic rings. The molecule has 4 amide bonds. The van der Waals surface area contributed by atoms with Crippen molar-refractivity contribution in [2.24, 2.45) is 5.92 Å². The summed E-state index contributed by atoms with van der Waals surface area (Å²) in [6.07, 6.45) is 0. The van der Waals surface area contributed by atoms with Crippen LogP contribution in [0.3, 0.4) is 0 Å². The molecule has 0 bridgehead atoms. The first-order valence-electron chi connectivity index (χ1n) is 8.69. The SMILES string of the molecule is CC(C)CN1C(=O)c2ccc(NC(=O)Nc3cc([N+](=O)[O-])ccc3Cl)cc2C1=O. The summed E-state index contributed by atoms with van der Waals surface area (Å²) in [7, 11) is 0. The maximum absolute atomic E-state index is 12.5. The Morgan fingerprint density at radius 3 is 2.45 bits per heavy atom.